The van der Waals surface area contributed by atoms with E-state index in [0.717, 1.165) is 17.5 Å². The van der Waals surface area contributed by atoms with Crippen LogP contribution in [-0.4, -0.2) is 32.3 Å². The van der Waals surface area contributed by atoms with Gasteiger partial charge < -0.3 is 14.8 Å². The molecule has 0 bridgehead atoms. The third-order valence-corrected chi connectivity index (χ3v) is 4.21. The molecule has 1 N–H and O–H groups in total. The summed E-state index contributed by atoms with van der Waals surface area (Å²) in [5, 5.41) is 3.35. The summed E-state index contributed by atoms with van der Waals surface area (Å²) >= 11 is 0. The molecule has 1 aliphatic carbocycles. The second-order valence-electron chi connectivity index (χ2n) is 5.55. The van der Waals surface area contributed by atoms with Crippen LogP contribution in [0.15, 0.2) is 24.3 Å². The molecule has 0 aliphatic heterocycles. The Balaban J connectivity index is 1.97. The van der Waals surface area contributed by atoms with Gasteiger partial charge in [0.1, 0.15) is 0 Å². The zero-order chi connectivity index (χ0) is 15.1. The molecule has 1 aliphatic rings. The highest BCUT2D eigenvalue weighted by Gasteiger charge is 2.24. The van der Waals surface area contributed by atoms with E-state index in [9.17, 15) is 4.79 Å². The summed E-state index contributed by atoms with van der Waals surface area (Å²) < 4.78 is 10.9. The molecule has 0 aromatic heterocycles. The summed E-state index contributed by atoms with van der Waals surface area (Å²) in [7, 11) is 3.42. The van der Waals surface area contributed by atoms with E-state index in [1.165, 1.54) is 26.4 Å². The first kappa shape index (κ1) is 16.0. The van der Waals surface area contributed by atoms with Gasteiger partial charge in [-0.1, -0.05) is 37.1 Å². The van der Waals surface area contributed by atoms with Crippen molar-refractivity contribution in [1.82, 2.24) is 5.32 Å². The van der Waals surface area contributed by atoms with Crippen LogP contribution in [0.1, 0.15) is 36.8 Å². The number of benzene rings is 1. The Morgan fingerprint density at radius 1 is 1.24 bits per heavy atom. The van der Waals surface area contributed by atoms with Crippen LogP contribution in [0.2, 0.25) is 0 Å². The van der Waals surface area contributed by atoms with E-state index in [2.05, 4.69) is 5.32 Å². The van der Waals surface area contributed by atoms with Crippen LogP contribution >= 0.6 is 0 Å². The highest BCUT2D eigenvalue weighted by Crippen LogP contribution is 2.23. The molecule has 2 unspecified atom stereocenters. The average molecular weight is 291 g/mol. The number of esters is 1. The van der Waals surface area contributed by atoms with Crippen LogP contribution in [0.5, 0.6) is 0 Å². The zero-order valence-corrected chi connectivity index (χ0v) is 12.9. The predicted octanol–water partition coefficient (Wildman–Crippen LogP) is 2.45. The minimum atomic E-state index is -0.215. The van der Waals surface area contributed by atoms with E-state index in [4.69, 9.17) is 9.47 Å². The van der Waals surface area contributed by atoms with Crippen molar-refractivity contribution >= 4 is 5.97 Å². The summed E-state index contributed by atoms with van der Waals surface area (Å²) in [6.45, 7) is 0.552. The van der Waals surface area contributed by atoms with Gasteiger partial charge in [0.25, 0.3) is 0 Å². The number of hydrogen-bond donors (Lipinski definition) is 1. The molecule has 0 saturated heterocycles. The highest BCUT2D eigenvalue weighted by molar-refractivity contribution is 5.72. The van der Waals surface area contributed by atoms with Crippen molar-refractivity contribution in [3.8, 4) is 0 Å². The fourth-order valence-corrected chi connectivity index (χ4v) is 2.92. The molecule has 2 rings (SSSR count). The first-order valence-corrected chi connectivity index (χ1v) is 7.67. The summed E-state index contributed by atoms with van der Waals surface area (Å²) in [4.78, 5) is 11.5. The van der Waals surface area contributed by atoms with Crippen molar-refractivity contribution in [2.24, 2.45) is 0 Å². The fourth-order valence-electron chi connectivity index (χ4n) is 2.92. The Kier molecular flexibility index (Phi) is 6.21. The van der Waals surface area contributed by atoms with E-state index in [1.54, 1.807) is 0 Å². The Bertz CT molecular complexity index is 461. The molecule has 0 spiro atoms. The van der Waals surface area contributed by atoms with Gasteiger partial charge >= 0.3 is 5.97 Å². The molecular formula is C17H25NO3. The Morgan fingerprint density at radius 2 is 1.95 bits per heavy atom. The predicted molar refractivity (Wildman–Crippen MR) is 82.1 cm³/mol. The second-order valence-corrected chi connectivity index (χ2v) is 5.55. The van der Waals surface area contributed by atoms with Gasteiger partial charge in [0.15, 0.2) is 0 Å². The maximum atomic E-state index is 11.5. The minimum absolute atomic E-state index is 0.215. The number of likely N-dealkylation sites (N-methyl/N-ethyl adjacent to an activating group) is 1. The summed E-state index contributed by atoms with van der Waals surface area (Å²) in [6, 6.07) is 8.35. The molecule has 1 fully saturated rings. The SMILES string of the molecule is CNC1CCCCC1OCc1ccccc1CC(=O)OC. The number of hydrogen-bond acceptors (Lipinski definition) is 4. The van der Waals surface area contributed by atoms with Gasteiger partial charge in [-0.3, -0.25) is 4.79 Å². The second kappa shape index (κ2) is 8.15. The summed E-state index contributed by atoms with van der Waals surface area (Å²) in [5.41, 5.74) is 2.06. The van der Waals surface area contributed by atoms with Crippen LogP contribution in [0.4, 0.5) is 0 Å². The first-order chi connectivity index (χ1) is 10.2. The molecule has 21 heavy (non-hydrogen) atoms. The molecule has 4 heteroatoms. The van der Waals surface area contributed by atoms with E-state index in [1.807, 2.05) is 31.3 Å². The van der Waals surface area contributed by atoms with Crippen molar-refractivity contribution < 1.29 is 14.3 Å². The molecule has 116 valence electrons. The molecular weight excluding hydrogens is 266 g/mol. The zero-order valence-electron chi connectivity index (χ0n) is 12.9. The van der Waals surface area contributed by atoms with Gasteiger partial charge in [-0.05, 0) is 31.0 Å². The van der Waals surface area contributed by atoms with Crippen molar-refractivity contribution in [3.05, 3.63) is 35.4 Å². The quantitative estimate of drug-likeness (QED) is 0.818. The Morgan fingerprint density at radius 3 is 2.67 bits per heavy atom. The molecule has 4 nitrogen and oxygen atoms in total. The Labute approximate surface area is 126 Å². The number of ether oxygens (including phenoxy) is 2. The van der Waals surface area contributed by atoms with Crippen LogP contribution in [-0.2, 0) is 27.3 Å². The lowest BCUT2D eigenvalue weighted by molar-refractivity contribution is -0.139. The maximum absolute atomic E-state index is 11.5. The normalized spacial score (nSPS) is 22.0. The van der Waals surface area contributed by atoms with Crippen molar-refractivity contribution in [2.45, 2.75) is 50.9 Å². The fraction of sp³-hybridized carbons (Fsp3) is 0.588. The third-order valence-electron chi connectivity index (χ3n) is 4.21. The average Bonchev–Trinajstić information content (AvgIpc) is 2.54. The largest absolute Gasteiger partial charge is 0.469 e. The topological polar surface area (TPSA) is 47.6 Å². The lowest BCUT2D eigenvalue weighted by Crippen LogP contribution is -2.41. The van der Waals surface area contributed by atoms with Gasteiger partial charge in [0, 0.05) is 6.04 Å². The van der Waals surface area contributed by atoms with Gasteiger partial charge in [-0.25, -0.2) is 0 Å². The van der Waals surface area contributed by atoms with E-state index in [-0.39, 0.29) is 12.1 Å². The number of rotatable bonds is 6. The maximum Gasteiger partial charge on any atom is 0.309 e. The number of carbonyl (C=O) groups is 1. The molecule has 0 heterocycles. The highest BCUT2D eigenvalue weighted by atomic mass is 16.5. The van der Waals surface area contributed by atoms with Crippen molar-refractivity contribution in [2.75, 3.05) is 14.2 Å². The van der Waals surface area contributed by atoms with Crippen molar-refractivity contribution in [3.63, 3.8) is 0 Å². The van der Waals surface area contributed by atoms with Crippen molar-refractivity contribution in [1.29, 1.82) is 0 Å². The number of carbonyl (C=O) groups excluding carboxylic acids is 1. The van der Waals surface area contributed by atoms with Crippen LogP contribution in [0.3, 0.4) is 0 Å². The third kappa shape index (κ3) is 4.55. The Hall–Kier alpha value is -1.39. The van der Waals surface area contributed by atoms with Crippen LogP contribution in [0.25, 0.3) is 0 Å². The van der Waals surface area contributed by atoms with Gasteiger partial charge in [-0.15, -0.1) is 0 Å². The number of methoxy groups -OCH3 is 1. The van der Waals surface area contributed by atoms with Crippen LogP contribution in [0, 0.1) is 0 Å². The smallest absolute Gasteiger partial charge is 0.309 e. The number of nitrogens with one attached hydrogen (secondary N) is 1. The van der Waals surface area contributed by atoms with Crippen LogP contribution < -0.4 is 5.32 Å². The molecule has 0 radical (unpaired) electrons. The monoisotopic (exact) mass is 291 g/mol. The van der Waals surface area contributed by atoms with E-state index >= 15 is 0 Å². The van der Waals surface area contributed by atoms with Gasteiger partial charge in [0.05, 0.1) is 26.2 Å². The van der Waals surface area contributed by atoms with Gasteiger partial charge in [0.2, 0.25) is 0 Å². The van der Waals surface area contributed by atoms with E-state index in [0.29, 0.717) is 19.1 Å². The first-order valence-electron chi connectivity index (χ1n) is 7.67. The standard InChI is InChI=1S/C17H25NO3/c1-18-15-9-5-6-10-16(15)21-12-14-8-4-3-7-13(14)11-17(19)20-2/h3-4,7-8,15-16,18H,5-6,9-12H2,1-2H3. The minimum Gasteiger partial charge on any atom is -0.469 e. The molecule has 1 aromatic rings. The van der Waals surface area contributed by atoms with E-state index < -0.39 is 0 Å². The van der Waals surface area contributed by atoms with Gasteiger partial charge in [-0.2, -0.15) is 0 Å². The molecule has 1 aromatic carbocycles. The lowest BCUT2D eigenvalue weighted by Gasteiger charge is -2.31. The molecule has 1 saturated carbocycles. The molecule has 0 amide bonds. The lowest BCUT2D eigenvalue weighted by atomic mass is 9.92. The summed E-state index contributed by atoms with van der Waals surface area (Å²) in [5.74, 6) is -0.215. The molecule has 2 atom stereocenters. The summed E-state index contributed by atoms with van der Waals surface area (Å²) in [6.07, 6.45) is 5.33.